The van der Waals surface area contributed by atoms with E-state index in [2.05, 4.69) is 60.8 Å². The smallest absolute Gasteiger partial charge is 0.0363 e. The van der Waals surface area contributed by atoms with Crippen molar-refractivity contribution in [1.29, 1.82) is 0 Å². The minimum absolute atomic E-state index is 0.469. The molecule has 0 spiro atoms. The molecule has 0 saturated carbocycles. The lowest BCUT2D eigenvalue weighted by atomic mass is 9.89. The summed E-state index contributed by atoms with van der Waals surface area (Å²) in [5.41, 5.74) is 5.83. The normalized spacial score (nSPS) is 18.4. The third kappa shape index (κ3) is 2.19. The molecule has 2 aromatic rings. The van der Waals surface area contributed by atoms with Crippen molar-refractivity contribution in [3.63, 3.8) is 0 Å². The largest absolute Gasteiger partial charge is 0.309 e. The zero-order valence-corrected chi connectivity index (χ0v) is 10.8. The van der Waals surface area contributed by atoms with Gasteiger partial charge in [-0.1, -0.05) is 48.5 Å². The lowest BCUT2D eigenvalue weighted by Gasteiger charge is -2.27. The first-order chi connectivity index (χ1) is 8.84. The molecule has 1 aliphatic rings. The van der Waals surface area contributed by atoms with Crippen molar-refractivity contribution in [2.24, 2.45) is 0 Å². The maximum absolute atomic E-state index is 3.65. The maximum atomic E-state index is 3.65. The van der Waals surface area contributed by atoms with Crippen LogP contribution in [0.25, 0.3) is 0 Å². The molecule has 92 valence electrons. The Labute approximate surface area is 109 Å². The molecule has 3 rings (SSSR count). The Bertz CT molecular complexity index is 545. The molecular weight excluding hydrogens is 218 g/mol. The summed E-state index contributed by atoms with van der Waals surface area (Å²) in [6.07, 6.45) is 2.24. The SMILES string of the molecule is Cc1ccccc1CC1NCCc2ccccc21. The summed E-state index contributed by atoms with van der Waals surface area (Å²) >= 11 is 0. The number of nitrogens with one attached hydrogen (secondary N) is 1. The van der Waals surface area contributed by atoms with Crippen LogP contribution in [0.4, 0.5) is 0 Å². The molecule has 0 aromatic heterocycles. The van der Waals surface area contributed by atoms with Crippen LogP contribution in [0.15, 0.2) is 48.5 Å². The topological polar surface area (TPSA) is 12.0 Å². The van der Waals surface area contributed by atoms with Crippen LogP contribution in [0.3, 0.4) is 0 Å². The molecule has 1 aliphatic heterocycles. The number of fused-ring (bicyclic) bond motifs is 1. The van der Waals surface area contributed by atoms with Crippen LogP contribution in [0, 0.1) is 6.92 Å². The highest BCUT2D eigenvalue weighted by atomic mass is 14.9. The van der Waals surface area contributed by atoms with Gasteiger partial charge in [-0.05, 0) is 48.6 Å². The number of hydrogen-bond donors (Lipinski definition) is 1. The molecule has 1 heterocycles. The zero-order chi connectivity index (χ0) is 12.4. The third-order valence-electron chi connectivity index (χ3n) is 3.90. The zero-order valence-electron chi connectivity index (χ0n) is 10.8. The minimum atomic E-state index is 0.469. The van der Waals surface area contributed by atoms with Gasteiger partial charge in [0.15, 0.2) is 0 Å². The van der Waals surface area contributed by atoms with Gasteiger partial charge >= 0.3 is 0 Å². The van der Waals surface area contributed by atoms with Gasteiger partial charge in [-0.2, -0.15) is 0 Å². The fourth-order valence-corrected chi connectivity index (χ4v) is 2.83. The van der Waals surface area contributed by atoms with Gasteiger partial charge in [0.05, 0.1) is 0 Å². The Morgan fingerprint density at radius 3 is 2.72 bits per heavy atom. The minimum Gasteiger partial charge on any atom is -0.309 e. The van der Waals surface area contributed by atoms with E-state index in [0.717, 1.165) is 19.4 Å². The number of benzene rings is 2. The van der Waals surface area contributed by atoms with E-state index < -0.39 is 0 Å². The van der Waals surface area contributed by atoms with Crippen molar-refractivity contribution in [1.82, 2.24) is 5.32 Å². The lowest BCUT2D eigenvalue weighted by molar-refractivity contribution is 0.502. The summed E-state index contributed by atoms with van der Waals surface area (Å²) < 4.78 is 0. The maximum Gasteiger partial charge on any atom is 0.0363 e. The Morgan fingerprint density at radius 1 is 1.06 bits per heavy atom. The summed E-state index contributed by atoms with van der Waals surface area (Å²) in [5, 5.41) is 3.65. The Morgan fingerprint density at radius 2 is 1.83 bits per heavy atom. The summed E-state index contributed by atoms with van der Waals surface area (Å²) in [4.78, 5) is 0. The molecule has 1 N–H and O–H groups in total. The van der Waals surface area contributed by atoms with Crippen molar-refractivity contribution in [3.05, 3.63) is 70.8 Å². The van der Waals surface area contributed by atoms with Gasteiger partial charge in [0.2, 0.25) is 0 Å². The van der Waals surface area contributed by atoms with Gasteiger partial charge < -0.3 is 5.32 Å². The molecule has 0 fully saturated rings. The first-order valence-corrected chi connectivity index (χ1v) is 6.70. The van der Waals surface area contributed by atoms with Crippen LogP contribution in [-0.2, 0) is 12.8 Å². The van der Waals surface area contributed by atoms with Gasteiger partial charge in [-0.15, -0.1) is 0 Å². The van der Waals surface area contributed by atoms with E-state index in [1.165, 1.54) is 22.3 Å². The van der Waals surface area contributed by atoms with Crippen LogP contribution < -0.4 is 5.32 Å². The lowest BCUT2D eigenvalue weighted by Crippen LogP contribution is -2.31. The fourth-order valence-electron chi connectivity index (χ4n) is 2.83. The molecule has 2 aromatic carbocycles. The highest BCUT2D eigenvalue weighted by Gasteiger charge is 2.19. The van der Waals surface area contributed by atoms with E-state index in [4.69, 9.17) is 0 Å². The van der Waals surface area contributed by atoms with Crippen LogP contribution >= 0.6 is 0 Å². The second kappa shape index (κ2) is 4.95. The molecule has 0 saturated heterocycles. The van der Waals surface area contributed by atoms with Gasteiger partial charge in [0, 0.05) is 6.04 Å². The average molecular weight is 237 g/mol. The van der Waals surface area contributed by atoms with E-state index in [0.29, 0.717) is 6.04 Å². The Kier molecular flexibility index (Phi) is 3.16. The first kappa shape index (κ1) is 11.5. The van der Waals surface area contributed by atoms with Crippen LogP contribution in [0.2, 0.25) is 0 Å². The van der Waals surface area contributed by atoms with Gasteiger partial charge in [-0.3, -0.25) is 0 Å². The van der Waals surface area contributed by atoms with Crippen molar-refractivity contribution in [2.45, 2.75) is 25.8 Å². The van der Waals surface area contributed by atoms with E-state index in [1.54, 1.807) is 0 Å². The van der Waals surface area contributed by atoms with Crippen LogP contribution in [0.5, 0.6) is 0 Å². The third-order valence-corrected chi connectivity index (χ3v) is 3.90. The van der Waals surface area contributed by atoms with E-state index in [-0.39, 0.29) is 0 Å². The molecule has 1 atom stereocenters. The fraction of sp³-hybridized carbons (Fsp3) is 0.294. The molecule has 1 heteroatoms. The Hall–Kier alpha value is -1.60. The molecule has 0 aliphatic carbocycles. The summed E-state index contributed by atoms with van der Waals surface area (Å²) in [6, 6.07) is 18.0. The predicted octanol–water partition coefficient (Wildman–Crippen LogP) is 3.42. The standard InChI is InChI=1S/C17H19N/c1-13-6-2-3-8-15(13)12-17-16-9-5-4-7-14(16)10-11-18-17/h2-9,17-18H,10-12H2,1H3. The molecular formula is C17H19N. The highest BCUT2D eigenvalue weighted by Crippen LogP contribution is 2.26. The summed E-state index contributed by atoms with van der Waals surface area (Å²) in [6.45, 7) is 3.29. The molecule has 1 nitrogen and oxygen atoms in total. The average Bonchev–Trinajstić information content (AvgIpc) is 2.42. The van der Waals surface area contributed by atoms with Crippen molar-refractivity contribution < 1.29 is 0 Å². The number of hydrogen-bond acceptors (Lipinski definition) is 1. The highest BCUT2D eigenvalue weighted by molar-refractivity contribution is 5.35. The van der Waals surface area contributed by atoms with Crippen molar-refractivity contribution in [2.75, 3.05) is 6.54 Å². The van der Waals surface area contributed by atoms with Gasteiger partial charge in [0.1, 0.15) is 0 Å². The summed E-state index contributed by atoms with van der Waals surface area (Å²) in [5.74, 6) is 0. The first-order valence-electron chi connectivity index (χ1n) is 6.70. The second-order valence-electron chi connectivity index (χ2n) is 5.09. The van der Waals surface area contributed by atoms with Gasteiger partial charge in [0.25, 0.3) is 0 Å². The van der Waals surface area contributed by atoms with E-state index in [1.807, 2.05) is 0 Å². The number of aryl methyl sites for hydroxylation is 1. The number of rotatable bonds is 2. The molecule has 18 heavy (non-hydrogen) atoms. The molecule has 1 unspecified atom stereocenters. The summed E-state index contributed by atoms with van der Waals surface area (Å²) in [7, 11) is 0. The molecule has 0 amide bonds. The predicted molar refractivity (Wildman–Crippen MR) is 75.8 cm³/mol. The quantitative estimate of drug-likeness (QED) is 0.844. The van der Waals surface area contributed by atoms with Crippen LogP contribution in [-0.4, -0.2) is 6.54 Å². The monoisotopic (exact) mass is 237 g/mol. The second-order valence-corrected chi connectivity index (χ2v) is 5.09. The van der Waals surface area contributed by atoms with Gasteiger partial charge in [-0.25, -0.2) is 0 Å². The van der Waals surface area contributed by atoms with Crippen molar-refractivity contribution in [3.8, 4) is 0 Å². The van der Waals surface area contributed by atoms with Crippen molar-refractivity contribution >= 4 is 0 Å². The molecule has 0 radical (unpaired) electrons. The Balaban J connectivity index is 1.89. The van der Waals surface area contributed by atoms with E-state index >= 15 is 0 Å². The van der Waals surface area contributed by atoms with Crippen LogP contribution in [0.1, 0.15) is 28.3 Å². The molecule has 0 bridgehead atoms. The van der Waals surface area contributed by atoms with E-state index in [9.17, 15) is 0 Å².